The van der Waals surface area contributed by atoms with E-state index in [0.29, 0.717) is 19.2 Å². The van der Waals surface area contributed by atoms with Gasteiger partial charge in [-0.15, -0.1) is 0 Å². The third kappa shape index (κ3) is 5.32. The number of methoxy groups -OCH3 is 1. The van der Waals surface area contributed by atoms with Crippen LogP contribution in [0, 0.1) is 12.8 Å². The summed E-state index contributed by atoms with van der Waals surface area (Å²) in [4.78, 5) is 29.5. The van der Waals surface area contributed by atoms with Gasteiger partial charge in [-0.3, -0.25) is 14.5 Å². The van der Waals surface area contributed by atoms with Crippen molar-refractivity contribution in [1.29, 1.82) is 0 Å². The molecule has 3 rings (SSSR count). The van der Waals surface area contributed by atoms with Crippen molar-refractivity contribution < 1.29 is 14.3 Å². The van der Waals surface area contributed by atoms with E-state index < -0.39 is 0 Å². The zero-order chi connectivity index (χ0) is 19.9. The summed E-state index contributed by atoms with van der Waals surface area (Å²) in [7, 11) is 1.64. The molecule has 1 N–H and O–H groups in total. The highest BCUT2D eigenvalue weighted by molar-refractivity contribution is 5.94. The SMILES string of the molecule is COCCNC(=O)C1CCCN(C2CCN(C(=O)c3ccc(C)cc3)CC2)C1. The number of carbonyl (C=O) groups is 2. The summed E-state index contributed by atoms with van der Waals surface area (Å²) < 4.78 is 5.01. The lowest BCUT2D eigenvalue weighted by Crippen LogP contribution is -2.51. The second-order valence-electron chi connectivity index (χ2n) is 8.01. The van der Waals surface area contributed by atoms with Crippen LogP contribution in [0.4, 0.5) is 0 Å². The molecule has 1 unspecified atom stereocenters. The lowest BCUT2D eigenvalue weighted by Gasteiger charge is -2.42. The van der Waals surface area contributed by atoms with Crippen LogP contribution >= 0.6 is 0 Å². The number of hydrogen-bond donors (Lipinski definition) is 1. The Morgan fingerprint density at radius 2 is 1.82 bits per heavy atom. The standard InChI is InChI=1S/C22H33N3O3/c1-17-5-7-18(8-6-17)22(27)24-13-9-20(10-14-24)25-12-3-4-19(16-25)21(26)23-11-15-28-2/h5-8,19-20H,3-4,9-16H2,1-2H3,(H,23,26). The summed E-state index contributed by atoms with van der Waals surface area (Å²) in [5.41, 5.74) is 1.94. The second-order valence-corrected chi connectivity index (χ2v) is 8.01. The van der Waals surface area contributed by atoms with E-state index in [1.54, 1.807) is 7.11 Å². The van der Waals surface area contributed by atoms with Gasteiger partial charge in [0.2, 0.25) is 5.91 Å². The highest BCUT2D eigenvalue weighted by Gasteiger charge is 2.32. The maximum atomic E-state index is 12.7. The molecular weight excluding hydrogens is 354 g/mol. The van der Waals surface area contributed by atoms with E-state index in [9.17, 15) is 9.59 Å². The van der Waals surface area contributed by atoms with Crippen LogP contribution < -0.4 is 5.32 Å². The smallest absolute Gasteiger partial charge is 0.253 e. The Balaban J connectivity index is 1.48. The van der Waals surface area contributed by atoms with Crippen molar-refractivity contribution in [3.05, 3.63) is 35.4 Å². The first-order chi connectivity index (χ1) is 13.6. The van der Waals surface area contributed by atoms with Crippen LogP contribution in [0.3, 0.4) is 0 Å². The zero-order valence-corrected chi connectivity index (χ0v) is 17.2. The van der Waals surface area contributed by atoms with Crippen LogP contribution in [0.25, 0.3) is 0 Å². The second kappa shape index (κ2) is 10.0. The normalized spacial score (nSPS) is 21.5. The number of amides is 2. The maximum absolute atomic E-state index is 12.7. The van der Waals surface area contributed by atoms with Crippen LogP contribution in [0.2, 0.25) is 0 Å². The number of aryl methyl sites for hydroxylation is 1. The van der Waals surface area contributed by atoms with Crippen molar-refractivity contribution >= 4 is 11.8 Å². The number of hydrogen-bond acceptors (Lipinski definition) is 4. The predicted molar refractivity (Wildman–Crippen MR) is 109 cm³/mol. The molecule has 28 heavy (non-hydrogen) atoms. The van der Waals surface area contributed by atoms with E-state index in [0.717, 1.165) is 57.4 Å². The van der Waals surface area contributed by atoms with E-state index in [2.05, 4.69) is 10.2 Å². The summed E-state index contributed by atoms with van der Waals surface area (Å²) in [6, 6.07) is 8.29. The fraction of sp³-hybridized carbons (Fsp3) is 0.636. The van der Waals surface area contributed by atoms with Crippen molar-refractivity contribution in [2.24, 2.45) is 5.92 Å². The Kier molecular flexibility index (Phi) is 7.45. The number of nitrogens with one attached hydrogen (secondary N) is 1. The van der Waals surface area contributed by atoms with E-state index in [1.807, 2.05) is 36.1 Å². The van der Waals surface area contributed by atoms with Crippen molar-refractivity contribution in [1.82, 2.24) is 15.1 Å². The minimum absolute atomic E-state index is 0.0674. The Morgan fingerprint density at radius 3 is 2.50 bits per heavy atom. The molecule has 2 heterocycles. The highest BCUT2D eigenvalue weighted by Crippen LogP contribution is 2.24. The number of likely N-dealkylation sites (tertiary alicyclic amines) is 2. The van der Waals surface area contributed by atoms with Gasteiger partial charge < -0.3 is 15.0 Å². The monoisotopic (exact) mass is 387 g/mol. The van der Waals surface area contributed by atoms with Gasteiger partial charge in [-0.1, -0.05) is 17.7 Å². The molecule has 154 valence electrons. The number of ether oxygens (including phenoxy) is 1. The van der Waals surface area contributed by atoms with Gasteiger partial charge in [-0.2, -0.15) is 0 Å². The molecule has 2 saturated heterocycles. The zero-order valence-electron chi connectivity index (χ0n) is 17.2. The molecule has 0 aromatic heterocycles. The number of carbonyl (C=O) groups excluding carboxylic acids is 2. The number of benzene rings is 1. The molecule has 0 bridgehead atoms. The topological polar surface area (TPSA) is 61.9 Å². The molecule has 0 saturated carbocycles. The van der Waals surface area contributed by atoms with Crippen molar-refractivity contribution in [3.63, 3.8) is 0 Å². The molecule has 2 aliphatic rings. The van der Waals surface area contributed by atoms with Gasteiger partial charge in [0.05, 0.1) is 12.5 Å². The van der Waals surface area contributed by atoms with Crippen molar-refractivity contribution in [3.8, 4) is 0 Å². The van der Waals surface area contributed by atoms with Gasteiger partial charge in [0, 0.05) is 44.9 Å². The van der Waals surface area contributed by atoms with Crippen LogP contribution in [0.1, 0.15) is 41.6 Å². The minimum Gasteiger partial charge on any atom is -0.383 e. The molecule has 0 spiro atoms. The molecule has 6 nitrogen and oxygen atoms in total. The van der Waals surface area contributed by atoms with Gasteiger partial charge in [0.25, 0.3) is 5.91 Å². The van der Waals surface area contributed by atoms with E-state index >= 15 is 0 Å². The average Bonchev–Trinajstić information content (AvgIpc) is 2.74. The molecule has 2 amide bonds. The number of piperidine rings is 2. The van der Waals surface area contributed by atoms with E-state index in [1.165, 1.54) is 5.56 Å². The van der Waals surface area contributed by atoms with Crippen LogP contribution in [0.15, 0.2) is 24.3 Å². The van der Waals surface area contributed by atoms with Crippen molar-refractivity contribution in [2.45, 2.75) is 38.6 Å². The Hall–Kier alpha value is -1.92. The summed E-state index contributed by atoms with van der Waals surface area (Å²) in [5, 5.41) is 2.98. The Bertz CT molecular complexity index is 653. The minimum atomic E-state index is 0.0674. The molecule has 0 radical (unpaired) electrons. The molecule has 2 fully saturated rings. The van der Waals surface area contributed by atoms with Gasteiger partial charge in [-0.25, -0.2) is 0 Å². The van der Waals surface area contributed by atoms with Gasteiger partial charge >= 0.3 is 0 Å². The third-order valence-electron chi connectivity index (χ3n) is 6.00. The summed E-state index contributed by atoms with van der Waals surface area (Å²) >= 11 is 0. The highest BCUT2D eigenvalue weighted by atomic mass is 16.5. The lowest BCUT2D eigenvalue weighted by atomic mass is 9.93. The fourth-order valence-electron chi connectivity index (χ4n) is 4.29. The number of nitrogens with zero attached hydrogens (tertiary/aromatic N) is 2. The van der Waals surface area contributed by atoms with E-state index in [4.69, 9.17) is 4.74 Å². The molecule has 2 aliphatic heterocycles. The van der Waals surface area contributed by atoms with E-state index in [-0.39, 0.29) is 17.7 Å². The van der Waals surface area contributed by atoms with Gasteiger partial charge in [0.15, 0.2) is 0 Å². The van der Waals surface area contributed by atoms with Crippen LogP contribution in [-0.4, -0.2) is 74.1 Å². The summed E-state index contributed by atoms with van der Waals surface area (Å²) in [6.07, 6.45) is 3.98. The maximum Gasteiger partial charge on any atom is 0.253 e. The molecule has 1 aromatic rings. The molecular formula is C22H33N3O3. The first kappa shape index (κ1) is 20.8. The Labute approximate surface area is 168 Å². The summed E-state index contributed by atoms with van der Waals surface area (Å²) in [6.45, 7) is 6.62. The molecule has 1 atom stereocenters. The summed E-state index contributed by atoms with van der Waals surface area (Å²) in [5.74, 6) is 0.346. The molecule has 6 heteroatoms. The molecule has 0 aliphatic carbocycles. The van der Waals surface area contributed by atoms with Crippen LogP contribution in [0.5, 0.6) is 0 Å². The largest absolute Gasteiger partial charge is 0.383 e. The van der Waals surface area contributed by atoms with Crippen molar-refractivity contribution in [2.75, 3.05) is 46.4 Å². The quantitative estimate of drug-likeness (QED) is 0.759. The lowest BCUT2D eigenvalue weighted by molar-refractivity contribution is -0.127. The predicted octanol–water partition coefficient (Wildman–Crippen LogP) is 2.07. The average molecular weight is 388 g/mol. The van der Waals surface area contributed by atoms with Gasteiger partial charge in [-0.05, 0) is 51.3 Å². The number of rotatable bonds is 6. The Morgan fingerprint density at radius 1 is 1.11 bits per heavy atom. The first-order valence-corrected chi connectivity index (χ1v) is 10.4. The van der Waals surface area contributed by atoms with Gasteiger partial charge in [0.1, 0.15) is 0 Å². The molecule has 1 aromatic carbocycles. The fourth-order valence-corrected chi connectivity index (χ4v) is 4.29. The third-order valence-corrected chi connectivity index (χ3v) is 6.00. The first-order valence-electron chi connectivity index (χ1n) is 10.4. The van der Waals surface area contributed by atoms with Crippen LogP contribution in [-0.2, 0) is 9.53 Å².